The number of nitrogens with zero attached hydrogens (tertiary/aromatic N) is 4. The van der Waals surface area contributed by atoms with Gasteiger partial charge in [0, 0.05) is 73.5 Å². The molecule has 0 aliphatic rings. The first kappa shape index (κ1) is 35.9. The second-order valence-electron chi connectivity index (χ2n) is 15.9. The number of fused-ring (bicyclic) bond motifs is 9. The Kier molecular flexibility index (Phi) is 8.22. The van der Waals surface area contributed by atoms with E-state index in [9.17, 15) is 0 Å². The largest absolute Gasteiger partial charge is 0.309 e. The molecule has 0 N–H and O–H groups in total. The molecule has 4 heterocycles. The minimum atomic E-state index is 0.631. The van der Waals surface area contributed by atoms with Crippen molar-refractivity contribution in [1.29, 1.82) is 0 Å². The Bertz CT molecular complexity index is 3860. The molecule has 294 valence electrons. The van der Waals surface area contributed by atoms with Crippen LogP contribution in [-0.4, -0.2) is 19.5 Å². The van der Waals surface area contributed by atoms with E-state index in [0.717, 1.165) is 44.5 Å². The Balaban J connectivity index is 1.07. The van der Waals surface area contributed by atoms with Gasteiger partial charge in [-0.1, -0.05) is 152 Å². The highest BCUT2D eigenvalue weighted by molar-refractivity contribution is 7.26. The van der Waals surface area contributed by atoms with Gasteiger partial charge in [-0.2, -0.15) is 0 Å². The highest BCUT2D eigenvalue weighted by Gasteiger charge is 2.21. The van der Waals surface area contributed by atoms with E-state index in [-0.39, 0.29) is 0 Å². The molecule has 0 amide bonds. The molecular weight excluding hydrogens is 805 g/mol. The Hall–Kier alpha value is -7.77. The third kappa shape index (κ3) is 5.91. The van der Waals surface area contributed by atoms with Gasteiger partial charge in [-0.05, 0) is 76.9 Å². The second-order valence-corrected chi connectivity index (χ2v) is 18.1. The normalized spacial score (nSPS) is 11.8. The van der Waals surface area contributed by atoms with Crippen molar-refractivity contribution >= 4 is 84.8 Å². The van der Waals surface area contributed by atoms with Crippen LogP contribution in [-0.2, 0) is 0 Å². The van der Waals surface area contributed by atoms with Crippen molar-refractivity contribution in [2.24, 2.45) is 0 Å². The topological polar surface area (TPSA) is 43.6 Å². The zero-order valence-electron chi connectivity index (χ0n) is 33.7. The Morgan fingerprint density at radius 2 is 0.873 bits per heavy atom. The van der Waals surface area contributed by atoms with Crippen LogP contribution >= 0.6 is 22.7 Å². The van der Waals surface area contributed by atoms with Crippen LogP contribution in [0.5, 0.6) is 0 Å². The van der Waals surface area contributed by atoms with E-state index >= 15 is 0 Å². The van der Waals surface area contributed by atoms with Gasteiger partial charge >= 0.3 is 0 Å². The molecule has 13 rings (SSSR count). The number of benzene rings is 9. The van der Waals surface area contributed by atoms with E-state index in [1.165, 1.54) is 62.2 Å². The van der Waals surface area contributed by atoms with Crippen LogP contribution in [0.25, 0.3) is 124 Å². The SMILES string of the molecule is c1ccc(-c2cc(-c3ccccc3)cc(-n3c4ccccc4c4ccc(-c5nc(-c6cccc7c6sc6ccccc67)nc(-c6cccc7sc8ccccc8c67)n5)cc43)c2)cc1. The molecule has 0 radical (unpaired) electrons. The molecule has 0 saturated carbocycles. The Morgan fingerprint density at radius 3 is 1.63 bits per heavy atom. The van der Waals surface area contributed by atoms with E-state index in [2.05, 4.69) is 211 Å². The first-order valence-corrected chi connectivity index (χ1v) is 22.7. The van der Waals surface area contributed by atoms with Gasteiger partial charge in [0.05, 0.1) is 11.0 Å². The minimum Gasteiger partial charge on any atom is -0.309 e. The van der Waals surface area contributed by atoms with Gasteiger partial charge in [0.2, 0.25) is 0 Å². The number of rotatable bonds is 6. The highest BCUT2D eigenvalue weighted by Crippen LogP contribution is 2.43. The van der Waals surface area contributed by atoms with Crippen LogP contribution in [0, 0.1) is 0 Å². The summed E-state index contributed by atoms with van der Waals surface area (Å²) >= 11 is 3.60. The molecule has 6 heteroatoms. The molecule has 4 nitrogen and oxygen atoms in total. The number of para-hydroxylation sites is 1. The molecular formula is C57H34N4S2. The van der Waals surface area contributed by atoms with Crippen LogP contribution in [0.2, 0.25) is 0 Å². The van der Waals surface area contributed by atoms with Crippen LogP contribution in [0.15, 0.2) is 206 Å². The fraction of sp³-hybridized carbons (Fsp3) is 0. The van der Waals surface area contributed by atoms with Crippen LogP contribution in [0.4, 0.5) is 0 Å². The monoisotopic (exact) mass is 838 g/mol. The average molecular weight is 839 g/mol. The lowest BCUT2D eigenvalue weighted by molar-refractivity contribution is 1.08. The zero-order chi connectivity index (χ0) is 41.4. The lowest BCUT2D eigenvalue weighted by Gasteiger charge is -2.14. The van der Waals surface area contributed by atoms with Crippen molar-refractivity contribution in [3.63, 3.8) is 0 Å². The maximum atomic E-state index is 5.41. The maximum absolute atomic E-state index is 5.41. The summed E-state index contributed by atoms with van der Waals surface area (Å²) in [6.07, 6.45) is 0. The van der Waals surface area contributed by atoms with E-state index in [4.69, 9.17) is 15.0 Å². The molecule has 63 heavy (non-hydrogen) atoms. The van der Waals surface area contributed by atoms with Crippen molar-refractivity contribution in [2.75, 3.05) is 0 Å². The predicted octanol–water partition coefficient (Wildman–Crippen LogP) is 16.0. The molecule has 0 saturated heterocycles. The maximum Gasteiger partial charge on any atom is 0.165 e. The van der Waals surface area contributed by atoms with Gasteiger partial charge in [0.25, 0.3) is 0 Å². The number of thiophene rings is 2. The van der Waals surface area contributed by atoms with Gasteiger partial charge < -0.3 is 4.57 Å². The van der Waals surface area contributed by atoms with Gasteiger partial charge in [0.15, 0.2) is 17.5 Å². The van der Waals surface area contributed by atoms with Crippen LogP contribution in [0.1, 0.15) is 0 Å². The fourth-order valence-corrected chi connectivity index (χ4v) is 11.7. The Labute approximate surface area is 370 Å². The molecule has 0 aliphatic carbocycles. The third-order valence-corrected chi connectivity index (χ3v) is 14.6. The second kappa shape index (κ2) is 14.4. The average Bonchev–Trinajstić information content (AvgIpc) is 4.04. The molecule has 0 atom stereocenters. The van der Waals surface area contributed by atoms with Gasteiger partial charge in [-0.3, -0.25) is 0 Å². The summed E-state index contributed by atoms with van der Waals surface area (Å²) in [5.74, 6) is 1.95. The summed E-state index contributed by atoms with van der Waals surface area (Å²) in [4.78, 5) is 16.2. The smallest absolute Gasteiger partial charge is 0.165 e. The summed E-state index contributed by atoms with van der Waals surface area (Å²) in [7, 11) is 0. The van der Waals surface area contributed by atoms with Crippen molar-refractivity contribution < 1.29 is 0 Å². The summed E-state index contributed by atoms with van der Waals surface area (Å²) in [6, 6.07) is 73.9. The molecule has 0 unspecified atom stereocenters. The first-order chi connectivity index (χ1) is 31.2. The van der Waals surface area contributed by atoms with Gasteiger partial charge in [0.1, 0.15) is 0 Å². The number of aromatic nitrogens is 4. The quantitative estimate of drug-likeness (QED) is 0.168. The third-order valence-electron chi connectivity index (χ3n) is 12.2. The van der Waals surface area contributed by atoms with E-state index in [0.29, 0.717) is 17.5 Å². The fourth-order valence-electron chi connectivity index (χ4n) is 9.35. The van der Waals surface area contributed by atoms with Crippen molar-refractivity contribution in [1.82, 2.24) is 19.5 Å². The van der Waals surface area contributed by atoms with Gasteiger partial charge in [-0.25, -0.2) is 15.0 Å². The lowest BCUT2D eigenvalue weighted by Crippen LogP contribution is -2.01. The van der Waals surface area contributed by atoms with Crippen LogP contribution in [0.3, 0.4) is 0 Å². The Morgan fingerprint density at radius 1 is 0.317 bits per heavy atom. The summed E-state index contributed by atoms with van der Waals surface area (Å²) in [5, 5.41) is 7.19. The molecule has 0 aliphatic heterocycles. The zero-order valence-corrected chi connectivity index (χ0v) is 35.4. The predicted molar refractivity (Wildman–Crippen MR) is 267 cm³/mol. The molecule has 0 bridgehead atoms. The molecule has 4 aromatic heterocycles. The molecule has 9 aromatic carbocycles. The highest BCUT2D eigenvalue weighted by atomic mass is 32.1. The number of hydrogen-bond donors (Lipinski definition) is 0. The van der Waals surface area contributed by atoms with Crippen LogP contribution < -0.4 is 0 Å². The first-order valence-electron chi connectivity index (χ1n) is 21.1. The van der Waals surface area contributed by atoms with Crippen molar-refractivity contribution in [3.8, 4) is 62.1 Å². The number of hydrogen-bond acceptors (Lipinski definition) is 5. The summed E-state index contributed by atoms with van der Waals surface area (Å²) in [5.41, 5.74) is 10.9. The van der Waals surface area contributed by atoms with Crippen molar-refractivity contribution in [3.05, 3.63) is 206 Å². The standard InChI is InChI=1S/C57H34N4S2/c1-3-15-35(16-4-1)38-31-39(36-17-5-2-6-18-36)33-40(32-38)61-48-25-10-7-19-41(48)42-30-29-37(34-49(42)61)55-58-56(46-23-14-28-52-53(46)45-21-9-12-27-51(45)62-52)60-57(59-55)47-24-13-22-44-43-20-8-11-26-50(43)63-54(44)47/h1-34H. The van der Waals surface area contributed by atoms with E-state index < -0.39 is 0 Å². The van der Waals surface area contributed by atoms with E-state index in [1.807, 2.05) is 0 Å². The molecule has 0 spiro atoms. The molecule has 0 fully saturated rings. The van der Waals surface area contributed by atoms with Gasteiger partial charge in [-0.15, -0.1) is 22.7 Å². The lowest BCUT2D eigenvalue weighted by atomic mass is 9.98. The summed E-state index contributed by atoms with van der Waals surface area (Å²) in [6.45, 7) is 0. The minimum absolute atomic E-state index is 0.631. The summed E-state index contributed by atoms with van der Waals surface area (Å²) < 4.78 is 7.28. The molecule has 13 aromatic rings. The van der Waals surface area contributed by atoms with E-state index in [1.54, 1.807) is 22.7 Å². The van der Waals surface area contributed by atoms with Crippen molar-refractivity contribution in [2.45, 2.75) is 0 Å².